The molecule has 1 aromatic carbocycles. The van der Waals surface area contributed by atoms with Crippen LogP contribution in [-0.4, -0.2) is 36.9 Å². The molecule has 26 heavy (non-hydrogen) atoms. The molecular formula is C20H24N2O3S. The van der Waals surface area contributed by atoms with Crippen LogP contribution in [0.2, 0.25) is 0 Å². The zero-order valence-corrected chi connectivity index (χ0v) is 15.8. The standard InChI is InChI=1S/C20H24N2O3S/c1-25-14-17-7-3-2-6-15(17)12-21-19(23)16-8-4-10-22(13-16)20(24)18-9-5-11-26-18/h2-3,5-7,9,11,16H,4,8,10,12-14H2,1H3,(H,21,23). The van der Waals surface area contributed by atoms with Gasteiger partial charge in [0.2, 0.25) is 5.91 Å². The summed E-state index contributed by atoms with van der Waals surface area (Å²) in [6.45, 7) is 2.21. The van der Waals surface area contributed by atoms with Crippen molar-refractivity contribution in [3.8, 4) is 0 Å². The van der Waals surface area contributed by atoms with Crippen LogP contribution >= 0.6 is 11.3 Å². The van der Waals surface area contributed by atoms with E-state index in [4.69, 9.17) is 4.74 Å². The van der Waals surface area contributed by atoms with E-state index in [1.165, 1.54) is 11.3 Å². The third kappa shape index (κ3) is 4.51. The van der Waals surface area contributed by atoms with Gasteiger partial charge in [0.25, 0.3) is 5.91 Å². The van der Waals surface area contributed by atoms with Crippen molar-refractivity contribution in [1.82, 2.24) is 10.2 Å². The van der Waals surface area contributed by atoms with Crippen LogP contribution in [0.5, 0.6) is 0 Å². The van der Waals surface area contributed by atoms with Crippen LogP contribution in [0.4, 0.5) is 0 Å². The minimum absolute atomic E-state index is 0.0147. The molecule has 6 heteroatoms. The maximum absolute atomic E-state index is 12.6. The number of amides is 2. The number of carbonyl (C=O) groups is 2. The third-order valence-corrected chi connectivity index (χ3v) is 5.54. The zero-order chi connectivity index (χ0) is 18.4. The second-order valence-electron chi connectivity index (χ2n) is 6.49. The van der Waals surface area contributed by atoms with Gasteiger partial charge in [-0.1, -0.05) is 30.3 Å². The Morgan fingerprint density at radius 2 is 2.04 bits per heavy atom. The number of piperidine rings is 1. The lowest BCUT2D eigenvalue weighted by Gasteiger charge is -2.31. The number of likely N-dealkylation sites (tertiary alicyclic amines) is 1. The van der Waals surface area contributed by atoms with E-state index in [1.807, 2.05) is 41.8 Å². The van der Waals surface area contributed by atoms with Gasteiger partial charge < -0.3 is 15.0 Å². The van der Waals surface area contributed by atoms with Crippen molar-refractivity contribution in [2.24, 2.45) is 5.92 Å². The summed E-state index contributed by atoms with van der Waals surface area (Å²) in [7, 11) is 1.66. The molecule has 138 valence electrons. The van der Waals surface area contributed by atoms with E-state index in [0.29, 0.717) is 19.7 Å². The smallest absolute Gasteiger partial charge is 0.263 e. The highest BCUT2D eigenvalue weighted by Gasteiger charge is 2.29. The van der Waals surface area contributed by atoms with Gasteiger partial charge >= 0.3 is 0 Å². The van der Waals surface area contributed by atoms with Gasteiger partial charge in [0.15, 0.2) is 0 Å². The molecule has 2 amide bonds. The second kappa shape index (κ2) is 8.96. The van der Waals surface area contributed by atoms with Gasteiger partial charge in [0.05, 0.1) is 17.4 Å². The first kappa shape index (κ1) is 18.6. The van der Waals surface area contributed by atoms with E-state index in [2.05, 4.69) is 5.32 Å². The molecule has 5 nitrogen and oxygen atoms in total. The highest BCUT2D eigenvalue weighted by molar-refractivity contribution is 7.12. The van der Waals surface area contributed by atoms with Gasteiger partial charge in [-0.05, 0) is 35.4 Å². The Labute approximate surface area is 158 Å². The summed E-state index contributed by atoms with van der Waals surface area (Å²) < 4.78 is 5.21. The molecule has 0 radical (unpaired) electrons. The fourth-order valence-corrected chi connectivity index (χ4v) is 3.98. The topological polar surface area (TPSA) is 58.6 Å². The van der Waals surface area contributed by atoms with Crippen molar-refractivity contribution >= 4 is 23.2 Å². The molecular weight excluding hydrogens is 348 g/mol. The molecule has 1 aromatic heterocycles. The Morgan fingerprint density at radius 1 is 1.23 bits per heavy atom. The number of methoxy groups -OCH3 is 1. The van der Waals surface area contributed by atoms with E-state index >= 15 is 0 Å². The fourth-order valence-electron chi connectivity index (χ4n) is 3.28. The Kier molecular flexibility index (Phi) is 6.41. The van der Waals surface area contributed by atoms with E-state index in [1.54, 1.807) is 12.0 Å². The molecule has 0 spiro atoms. The van der Waals surface area contributed by atoms with Crippen molar-refractivity contribution in [2.75, 3.05) is 20.2 Å². The maximum atomic E-state index is 12.6. The van der Waals surface area contributed by atoms with Gasteiger partial charge in [-0.15, -0.1) is 11.3 Å². The molecule has 2 aromatic rings. The number of thiophene rings is 1. The van der Waals surface area contributed by atoms with Crippen LogP contribution in [-0.2, 0) is 22.7 Å². The lowest BCUT2D eigenvalue weighted by Crippen LogP contribution is -2.45. The maximum Gasteiger partial charge on any atom is 0.263 e. The number of hydrogen-bond acceptors (Lipinski definition) is 4. The molecule has 1 aliphatic heterocycles. The summed E-state index contributed by atoms with van der Waals surface area (Å²) in [5.74, 6) is -0.105. The zero-order valence-electron chi connectivity index (χ0n) is 14.9. The van der Waals surface area contributed by atoms with Crippen LogP contribution in [0, 0.1) is 5.92 Å². The van der Waals surface area contributed by atoms with Gasteiger partial charge in [0, 0.05) is 26.7 Å². The molecule has 0 bridgehead atoms. The highest BCUT2D eigenvalue weighted by Crippen LogP contribution is 2.21. The van der Waals surface area contributed by atoms with Crippen molar-refractivity contribution in [2.45, 2.75) is 26.0 Å². The molecule has 2 heterocycles. The van der Waals surface area contributed by atoms with Gasteiger partial charge in [-0.2, -0.15) is 0 Å². The van der Waals surface area contributed by atoms with Crippen LogP contribution in [0.3, 0.4) is 0 Å². The van der Waals surface area contributed by atoms with Gasteiger partial charge in [-0.3, -0.25) is 9.59 Å². The molecule has 1 aliphatic rings. The predicted octanol–water partition coefficient (Wildman–Crippen LogP) is 3.06. The monoisotopic (exact) mass is 372 g/mol. The van der Waals surface area contributed by atoms with Crippen molar-refractivity contribution in [3.05, 3.63) is 57.8 Å². The van der Waals surface area contributed by atoms with E-state index < -0.39 is 0 Å². The summed E-state index contributed by atoms with van der Waals surface area (Å²) in [4.78, 5) is 27.7. The number of ether oxygens (including phenoxy) is 1. The molecule has 3 rings (SSSR count). The highest BCUT2D eigenvalue weighted by atomic mass is 32.1. The third-order valence-electron chi connectivity index (χ3n) is 4.68. The fraction of sp³-hybridized carbons (Fsp3) is 0.400. The lowest BCUT2D eigenvalue weighted by atomic mass is 9.96. The number of benzene rings is 1. The summed E-state index contributed by atoms with van der Waals surface area (Å²) in [5.41, 5.74) is 2.14. The predicted molar refractivity (Wildman–Crippen MR) is 102 cm³/mol. The van der Waals surface area contributed by atoms with Crippen molar-refractivity contribution in [3.63, 3.8) is 0 Å². The normalized spacial score (nSPS) is 17.1. The SMILES string of the molecule is COCc1ccccc1CNC(=O)C1CCCN(C(=O)c2cccs2)C1. The average molecular weight is 372 g/mol. The second-order valence-corrected chi connectivity index (χ2v) is 7.43. The van der Waals surface area contributed by atoms with E-state index in [9.17, 15) is 9.59 Å². The first-order valence-corrected chi connectivity index (χ1v) is 9.73. The number of nitrogens with zero attached hydrogens (tertiary/aromatic N) is 1. The number of carbonyl (C=O) groups excluding carboxylic acids is 2. The molecule has 1 unspecified atom stereocenters. The minimum Gasteiger partial charge on any atom is -0.380 e. The lowest BCUT2D eigenvalue weighted by molar-refractivity contribution is -0.126. The van der Waals surface area contributed by atoms with Gasteiger partial charge in [0.1, 0.15) is 0 Å². The Bertz CT molecular complexity index is 745. The molecule has 1 N–H and O–H groups in total. The molecule has 1 fully saturated rings. The van der Waals surface area contributed by atoms with Crippen molar-refractivity contribution < 1.29 is 14.3 Å². The minimum atomic E-state index is -0.151. The first-order valence-electron chi connectivity index (χ1n) is 8.85. The molecule has 1 saturated heterocycles. The average Bonchev–Trinajstić information content (AvgIpc) is 3.21. The van der Waals surface area contributed by atoms with E-state index in [-0.39, 0.29) is 17.7 Å². The van der Waals surface area contributed by atoms with Gasteiger partial charge in [-0.25, -0.2) is 0 Å². The Balaban J connectivity index is 1.57. The first-order chi connectivity index (χ1) is 12.7. The van der Waals surface area contributed by atoms with E-state index in [0.717, 1.165) is 35.4 Å². The number of rotatable bonds is 6. The summed E-state index contributed by atoms with van der Waals surface area (Å²) in [6.07, 6.45) is 1.68. The van der Waals surface area contributed by atoms with Crippen LogP contribution in [0.15, 0.2) is 41.8 Å². The largest absolute Gasteiger partial charge is 0.380 e. The Morgan fingerprint density at radius 3 is 2.77 bits per heavy atom. The summed E-state index contributed by atoms with van der Waals surface area (Å²) in [5, 5.41) is 4.93. The van der Waals surface area contributed by atoms with Crippen molar-refractivity contribution in [1.29, 1.82) is 0 Å². The quantitative estimate of drug-likeness (QED) is 0.848. The molecule has 0 aliphatic carbocycles. The number of hydrogen-bond donors (Lipinski definition) is 1. The summed E-state index contributed by atoms with van der Waals surface area (Å²) >= 11 is 1.44. The Hall–Kier alpha value is -2.18. The molecule has 1 atom stereocenters. The number of nitrogens with one attached hydrogen (secondary N) is 1. The van der Waals surface area contributed by atoms with Crippen LogP contribution in [0.1, 0.15) is 33.6 Å². The van der Waals surface area contributed by atoms with Crippen LogP contribution in [0.25, 0.3) is 0 Å². The van der Waals surface area contributed by atoms with Crippen LogP contribution < -0.4 is 5.32 Å². The summed E-state index contributed by atoms with van der Waals surface area (Å²) in [6, 6.07) is 11.7. The molecule has 0 saturated carbocycles.